The highest BCUT2D eigenvalue weighted by Gasteiger charge is 2.46. The zero-order chi connectivity index (χ0) is 26.2. The molecule has 1 aliphatic heterocycles. The van der Waals surface area contributed by atoms with Gasteiger partial charge >= 0.3 is 0 Å². The number of carbonyl (C=O) groups is 2. The quantitative estimate of drug-likeness (QED) is 0.257. The van der Waals surface area contributed by atoms with E-state index in [9.17, 15) is 14.7 Å². The lowest BCUT2D eigenvalue weighted by atomic mass is 9.95. The van der Waals surface area contributed by atoms with Crippen LogP contribution in [0.15, 0.2) is 54.1 Å². The van der Waals surface area contributed by atoms with Crippen LogP contribution in [0.2, 0.25) is 0 Å². The van der Waals surface area contributed by atoms with E-state index in [-0.39, 0.29) is 11.3 Å². The first-order valence-electron chi connectivity index (χ1n) is 12.8. The molecule has 0 bridgehead atoms. The molecule has 7 heteroatoms. The number of amides is 1. The lowest BCUT2D eigenvalue weighted by Crippen LogP contribution is -2.38. The van der Waals surface area contributed by atoms with Crippen molar-refractivity contribution in [1.82, 2.24) is 9.80 Å². The molecule has 1 saturated heterocycles. The van der Waals surface area contributed by atoms with Crippen LogP contribution in [0, 0.1) is 5.92 Å². The van der Waals surface area contributed by atoms with Gasteiger partial charge in [-0.15, -0.1) is 0 Å². The van der Waals surface area contributed by atoms with Gasteiger partial charge < -0.3 is 24.4 Å². The molecule has 1 fully saturated rings. The maximum Gasteiger partial charge on any atom is 0.295 e. The van der Waals surface area contributed by atoms with E-state index in [1.165, 1.54) is 0 Å². The van der Waals surface area contributed by atoms with E-state index in [0.717, 1.165) is 18.7 Å². The van der Waals surface area contributed by atoms with E-state index in [1.54, 1.807) is 29.2 Å². The van der Waals surface area contributed by atoms with Gasteiger partial charge in [-0.05, 0) is 67.9 Å². The summed E-state index contributed by atoms with van der Waals surface area (Å²) in [5.41, 5.74) is 1.31. The summed E-state index contributed by atoms with van der Waals surface area (Å²) >= 11 is 0. The Bertz CT molecular complexity index is 1060. The number of likely N-dealkylation sites (N-methyl/N-ethyl adjacent to an activating group) is 1. The van der Waals surface area contributed by atoms with Crippen LogP contribution in [0.5, 0.6) is 11.5 Å². The molecule has 194 valence electrons. The van der Waals surface area contributed by atoms with Crippen LogP contribution in [0.25, 0.3) is 5.76 Å². The number of aliphatic hydroxyl groups excluding tert-OH is 1. The number of hydrogen-bond acceptors (Lipinski definition) is 6. The molecule has 1 aliphatic rings. The molecule has 1 N–H and O–H groups in total. The Morgan fingerprint density at radius 3 is 2.08 bits per heavy atom. The molecule has 36 heavy (non-hydrogen) atoms. The van der Waals surface area contributed by atoms with Crippen LogP contribution in [-0.4, -0.2) is 66.0 Å². The van der Waals surface area contributed by atoms with Crippen molar-refractivity contribution in [3.63, 3.8) is 0 Å². The number of nitrogens with zero attached hydrogens (tertiary/aromatic N) is 2. The molecule has 1 heterocycles. The number of ketones is 1. The third kappa shape index (κ3) is 6.26. The summed E-state index contributed by atoms with van der Waals surface area (Å²) in [7, 11) is 0. The molecule has 0 spiro atoms. The highest BCUT2D eigenvalue weighted by Crippen LogP contribution is 2.40. The predicted octanol–water partition coefficient (Wildman–Crippen LogP) is 4.88. The first kappa shape index (κ1) is 27.3. The van der Waals surface area contributed by atoms with Gasteiger partial charge in [0, 0.05) is 18.7 Å². The normalized spacial score (nSPS) is 17.3. The van der Waals surface area contributed by atoms with Crippen molar-refractivity contribution in [3.8, 4) is 11.5 Å². The van der Waals surface area contributed by atoms with Gasteiger partial charge in [0.2, 0.25) is 0 Å². The SMILES string of the molecule is CCOc1ccc(C2/C(=C(\O)c3ccc(OCC(C)C)cc3)C(=O)C(=O)N2CCN(CC)CC)cc1. The minimum atomic E-state index is -0.687. The predicted molar refractivity (Wildman–Crippen MR) is 141 cm³/mol. The molecular formula is C29H38N2O5. The molecule has 1 unspecified atom stereocenters. The first-order valence-corrected chi connectivity index (χ1v) is 12.8. The van der Waals surface area contributed by atoms with Crippen molar-refractivity contribution in [2.45, 2.75) is 40.7 Å². The van der Waals surface area contributed by atoms with E-state index < -0.39 is 17.7 Å². The summed E-state index contributed by atoms with van der Waals surface area (Å²) in [5.74, 6) is 0.319. The van der Waals surface area contributed by atoms with Gasteiger partial charge in [0.15, 0.2) is 0 Å². The lowest BCUT2D eigenvalue weighted by Gasteiger charge is -2.28. The highest BCUT2D eigenvalue weighted by molar-refractivity contribution is 6.46. The van der Waals surface area contributed by atoms with Crippen molar-refractivity contribution in [2.75, 3.05) is 39.4 Å². The Hall–Kier alpha value is -3.32. The number of aliphatic hydroxyl groups is 1. The molecule has 0 aliphatic carbocycles. The second kappa shape index (κ2) is 12.6. The average Bonchev–Trinajstić information content (AvgIpc) is 3.13. The minimum absolute atomic E-state index is 0.0968. The van der Waals surface area contributed by atoms with Crippen LogP contribution < -0.4 is 9.47 Å². The smallest absolute Gasteiger partial charge is 0.295 e. The van der Waals surface area contributed by atoms with E-state index in [4.69, 9.17) is 9.47 Å². The molecule has 7 nitrogen and oxygen atoms in total. The second-order valence-electron chi connectivity index (χ2n) is 9.25. The monoisotopic (exact) mass is 494 g/mol. The molecule has 1 amide bonds. The standard InChI is InChI=1S/C29H38N2O5/c1-6-30(7-2)17-18-31-26(21-9-13-23(14-10-21)35-8-3)25(28(33)29(31)34)27(32)22-11-15-24(16-12-22)36-19-20(4)5/h9-16,20,26,32H,6-8,17-19H2,1-5H3/b27-25+. The number of likely N-dealkylation sites (tertiary alicyclic amines) is 1. The first-order chi connectivity index (χ1) is 17.3. The minimum Gasteiger partial charge on any atom is -0.507 e. The second-order valence-corrected chi connectivity index (χ2v) is 9.25. The molecule has 2 aromatic rings. The fraction of sp³-hybridized carbons (Fsp3) is 0.448. The molecule has 0 radical (unpaired) electrons. The van der Waals surface area contributed by atoms with Gasteiger partial charge in [0.25, 0.3) is 11.7 Å². The van der Waals surface area contributed by atoms with Crippen molar-refractivity contribution >= 4 is 17.4 Å². The topological polar surface area (TPSA) is 79.3 Å². The summed E-state index contributed by atoms with van der Waals surface area (Å²) in [6.45, 7) is 14.0. The van der Waals surface area contributed by atoms with Crippen LogP contribution in [0.4, 0.5) is 0 Å². The number of carbonyl (C=O) groups excluding carboxylic acids is 2. The largest absolute Gasteiger partial charge is 0.507 e. The van der Waals surface area contributed by atoms with Crippen LogP contribution in [-0.2, 0) is 9.59 Å². The summed E-state index contributed by atoms with van der Waals surface area (Å²) in [4.78, 5) is 30.2. The highest BCUT2D eigenvalue weighted by atomic mass is 16.5. The van der Waals surface area contributed by atoms with E-state index in [0.29, 0.717) is 49.3 Å². The summed E-state index contributed by atoms with van der Waals surface area (Å²) < 4.78 is 11.3. The van der Waals surface area contributed by atoms with Crippen LogP contribution in [0.1, 0.15) is 51.8 Å². The number of rotatable bonds is 12. The van der Waals surface area contributed by atoms with Crippen LogP contribution >= 0.6 is 0 Å². The van der Waals surface area contributed by atoms with Crippen molar-refractivity contribution in [2.24, 2.45) is 5.92 Å². The van der Waals surface area contributed by atoms with Gasteiger partial charge in [0.05, 0.1) is 24.8 Å². The van der Waals surface area contributed by atoms with Gasteiger partial charge in [-0.2, -0.15) is 0 Å². The molecule has 0 aromatic heterocycles. The maximum absolute atomic E-state index is 13.2. The fourth-order valence-corrected chi connectivity index (χ4v) is 4.29. The summed E-state index contributed by atoms with van der Waals surface area (Å²) in [6, 6.07) is 13.6. The number of hydrogen-bond donors (Lipinski definition) is 1. The van der Waals surface area contributed by atoms with Gasteiger partial charge in [-0.25, -0.2) is 0 Å². The van der Waals surface area contributed by atoms with E-state index in [2.05, 4.69) is 32.6 Å². The maximum atomic E-state index is 13.2. The fourth-order valence-electron chi connectivity index (χ4n) is 4.29. The van der Waals surface area contributed by atoms with E-state index >= 15 is 0 Å². The van der Waals surface area contributed by atoms with Gasteiger partial charge in [-0.1, -0.05) is 39.8 Å². The Labute approximate surface area is 214 Å². The lowest BCUT2D eigenvalue weighted by molar-refractivity contribution is -0.140. The van der Waals surface area contributed by atoms with Crippen molar-refractivity contribution < 1.29 is 24.2 Å². The molecular weight excluding hydrogens is 456 g/mol. The Morgan fingerprint density at radius 1 is 0.944 bits per heavy atom. The van der Waals surface area contributed by atoms with Crippen molar-refractivity contribution in [3.05, 3.63) is 65.2 Å². The molecule has 0 saturated carbocycles. The number of ether oxygens (including phenoxy) is 2. The number of benzene rings is 2. The molecule has 2 aromatic carbocycles. The van der Waals surface area contributed by atoms with Gasteiger partial charge in [0.1, 0.15) is 17.3 Å². The third-order valence-electron chi connectivity index (χ3n) is 6.31. The van der Waals surface area contributed by atoms with Crippen molar-refractivity contribution in [1.29, 1.82) is 0 Å². The molecule has 3 rings (SSSR count). The summed E-state index contributed by atoms with van der Waals surface area (Å²) in [5, 5.41) is 11.3. The average molecular weight is 495 g/mol. The Morgan fingerprint density at radius 2 is 1.53 bits per heavy atom. The van der Waals surface area contributed by atoms with Crippen LogP contribution in [0.3, 0.4) is 0 Å². The van der Waals surface area contributed by atoms with E-state index in [1.807, 2.05) is 31.2 Å². The Balaban J connectivity index is 2.00. The summed E-state index contributed by atoms with van der Waals surface area (Å²) in [6.07, 6.45) is 0. The third-order valence-corrected chi connectivity index (χ3v) is 6.31. The zero-order valence-corrected chi connectivity index (χ0v) is 22.0. The molecule has 1 atom stereocenters. The van der Waals surface area contributed by atoms with Gasteiger partial charge in [-0.3, -0.25) is 9.59 Å². The number of Topliss-reactive ketones (excluding diaryl/α,β-unsaturated/α-hetero) is 1. The zero-order valence-electron chi connectivity index (χ0n) is 22.0. The Kier molecular flexibility index (Phi) is 9.53.